The van der Waals surface area contributed by atoms with E-state index in [-0.39, 0.29) is 0 Å². The largest absolute Gasteiger partial charge is 0.278 e. The number of hydrogen-bond donors (Lipinski definition) is 1. The average Bonchev–Trinajstić information content (AvgIpc) is 2.68. The van der Waals surface area contributed by atoms with Crippen molar-refractivity contribution in [2.24, 2.45) is 0 Å². The van der Waals surface area contributed by atoms with E-state index >= 15 is 0 Å². The summed E-state index contributed by atoms with van der Waals surface area (Å²) in [6, 6.07) is 6.26. The Hall–Kier alpha value is -1.31. The molecule has 0 radical (unpaired) electrons. The Labute approximate surface area is 79.0 Å². The maximum absolute atomic E-state index is 3.98. The van der Waals surface area contributed by atoms with Gasteiger partial charge in [-0.15, -0.1) is 0 Å². The minimum atomic E-state index is 1.06. The fraction of sp³-hybridized carbons (Fsp3) is 0.364. The van der Waals surface area contributed by atoms with E-state index in [1.165, 1.54) is 16.5 Å². The highest BCUT2D eigenvalue weighted by atomic mass is 15.1. The molecule has 13 heavy (non-hydrogen) atoms. The van der Waals surface area contributed by atoms with E-state index in [1.807, 2.05) is 20.0 Å². The molecule has 0 saturated heterocycles. The lowest BCUT2D eigenvalue weighted by Gasteiger charge is -1.95. The van der Waals surface area contributed by atoms with Gasteiger partial charge in [-0.2, -0.15) is 5.10 Å². The molecule has 1 N–H and O–H groups in total. The van der Waals surface area contributed by atoms with Crippen LogP contribution in [-0.4, -0.2) is 10.2 Å². The van der Waals surface area contributed by atoms with Crippen LogP contribution in [0.1, 0.15) is 26.3 Å². The first-order chi connectivity index (χ1) is 6.42. The molecule has 1 aromatic heterocycles. The highest BCUT2D eigenvalue weighted by Gasteiger charge is 1.98. The minimum absolute atomic E-state index is 1.06. The third-order valence-electron chi connectivity index (χ3n) is 1.94. The van der Waals surface area contributed by atoms with Crippen molar-refractivity contribution in [2.45, 2.75) is 27.2 Å². The molecule has 0 bridgehead atoms. The van der Waals surface area contributed by atoms with E-state index in [0.29, 0.717) is 0 Å². The Kier molecular flexibility index (Phi) is 3.50. The highest BCUT2D eigenvalue weighted by Crippen LogP contribution is 2.15. The van der Waals surface area contributed by atoms with Gasteiger partial charge in [0.15, 0.2) is 0 Å². The zero-order chi connectivity index (χ0) is 9.68. The first-order valence-corrected chi connectivity index (χ1v) is 4.83. The molecular weight excluding hydrogens is 160 g/mol. The second-order valence-corrected chi connectivity index (χ2v) is 2.60. The van der Waals surface area contributed by atoms with Gasteiger partial charge in [0.25, 0.3) is 0 Å². The summed E-state index contributed by atoms with van der Waals surface area (Å²) in [5.41, 5.74) is 2.51. The van der Waals surface area contributed by atoms with Crippen LogP contribution < -0.4 is 0 Å². The summed E-state index contributed by atoms with van der Waals surface area (Å²) >= 11 is 0. The average molecular weight is 176 g/mol. The number of benzene rings is 1. The van der Waals surface area contributed by atoms with Crippen molar-refractivity contribution in [2.75, 3.05) is 0 Å². The van der Waals surface area contributed by atoms with Gasteiger partial charge >= 0.3 is 0 Å². The number of para-hydroxylation sites is 1. The molecule has 1 aromatic carbocycles. The van der Waals surface area contributed by atoms with Gasteiger partial charge in [-0.1, -0.05) is 39.0 Å². The maximum atomic E-state index is 3.98. The minimum Gasteiger partial charge on any atom is -0.278 e. The van der Waals surface area contributed by atoms with Crippen molar-refractivity contribution in [3.8, 4) is 0 Å². The molecule has 1 heterocycles. The molecule has 2 rings (SSSR count). The Morgan fingerprint density at radius 2 is 2.08 bits per heavy atom. The topological polar surface area (TPSA) is 28.7 Å². The van der Waals surface area contributed by atoms with Crippen LogP contribution in [0.15, 0.2) is 24.4 Å². The normalized spacial score (nSPS) is 9.46. The van der Waals surface area contributed by atoms with E-state index in [1.54, 1.807) is 0 Å². The molecule has 0 unspecified atom stereocenters. The van der Waals surface area contributed by atoms with E-state index in [2.05, 4.69) is 35.3 Å². The lowest BCUT2D eigenvalue weighted by atomic mass is 10.1. The molecule has 2 heteroatoms. The standard InChI is InChI=1S/C9H10N2.C2H6/c1-2-7-4-3-5-8-6-10-11-9(7)8;1-2/h3-6H,2H2,1H3,(H,10,11);1-2H3. The quantitative estimate of drug-likeness (QED) is 0.710. The van der Waals surface area contributed by atoms with Crippen molar-refractivity contribution in [1.29, 1.82) is 0 Å². The predicted octanol–water partition coefficient (Wildman–Crippen LogP) is 3.15. The SMILES string of the molecule is CC.CCc1cccc2cn[nH]c12. The number of fused-ring (bicyclic) bond motifs is 1. The number of aromatic amines is 1. The maximum Gasteiger partial charge on any atom is 0.0682 e. The zero-order valence-corrected chi connectivity index (χ0v) is 8.46. The van der Waals surface area contributed by atoms with Gasteiger partial charge in [0.1, 0.15) is 0 Å². The van der Waals surface area contributed by atoms with E-state index in [4.69, 9.17) is 0 Å². The Morgan fingerprint density at radius 1 is 1.31 bits per heavy atom. The van der Waals surface area contributed by atoms with Gasteiger partial charge in [-0.25, -0.2) is 0 Å². The molecule has 0 aliphatic heterocycles. The Bertz CT molecular complexity index is 363. The van der Waals surface area contributed by atoms with Crippen LogP contribution in [0.4, 0.5) is 0 Å². The zero-order valence-electron chi connectivity index (χ0n) is 8.46. The molecule has 0 fully saturated rings. The molecule has 0 atom stereocenters. The van der Waals surface area contributed by atoms with Crippen LogP contribution in [0.25, 0.3) is 10.9 Å². The monoisotopic (exact) mass is 176 g/mol. The predicted molar refractivity (Wildman–Crippen MR) is 56.8 cm³/mol. The van der Waals surface area contributed by atoms with Crippen LogP contribution in [0.5, 0.6) is 0 Å². The molecule has 0 spiro atoms. The number of rotatable bonds is 1. The highest BCUT2D eigenvalue weighted by molar-refractivity contribution is 5.81. The van der Waals surface area contributed by atoms with Crippen LogP contribution in [-0.2, 0) is 6.42 Å². The Balaban J connectivity index is 0.000000396. The molecule has 70 valence electrons. The van der Waals surface area contributed by atoms with Gasteiger partial charge in [-0.05, 0) is 12.0 Å². The Morgan fingerprint density at radius 3 is 2.77 bits per heavy atom. The summed E-state index contributed by atoms with van der Waals surface area (Å²) < 4.78 is 0. The fourth-order valence-electron chi connectivity index (χ4n) is 1.32. The molecule has 0 saturated carbocycles. The van der Waals surface area contributed by atoms with E-state index in [9.17, 15) is 0 Å². The van der Waals surface area contributed by atoms with Crippen LogP contribution in [0, 0.1) is 0 Å². The summed E-state index contributed by atoms with van der Waals surface area (Å²) in [5.74, 6) is 0. The van der Waals surface area contributed by atoms with Gasteiger partial charge < -0.3 is 0 Å². The van der Waals surface area contributed by atoms with E-state index < -0.39 is 0 Å². The third kappa shape index (κ3) is 1.89. The number of hydrogen-bond acceptors (Lipinski definition) is 1. The van der Waals surface area contributed by atoms with Crippen molar-refractivity contribution >= 4 is 10.9 Å². The van der Waals surface area contributed by atoms with Gasteiger partial charge in [0.2, 0.25) is 0 Å². The van der Waals surface area contributed by atoms with Gasteiger partial charge in [0.05, 0.1) is 11.7 Å². The van der Waals surface area contributed by atoms with Crippen molar-refractivity contribution in [3.63, 3.8) is 0 Å². The summed E-state index contributed by atoms with van der Waals surface area (Å²) in [6.07, 6.45) is 2.91. The fourth-order valence-corrected chi connectivity index (χ4v) is 1.32. The van der Waals surface area contributed by atoms with Crippen LogP contribution in [0.2, 0.25) is 0 Å². The second-order valence-electron chi connectivity index (χ2n) is 2.60. The molecule has 0 aliphatic carbocycles. The molecule has 0 amide bonds. The number of nitrogens with zero attached hydrogens (tertiary/aromatic N) is 1. The number of H-pyrrole nitrogens is 1. The van der Waals surface area contributed by atoms with E-state index in [0.717, 1.165) is 6.42 Å². The first-order valence-electron chi connectivity index (χ1n) is 4.83. The van der Waals surface area contributed by atoms with Crippen molar-refractivity contribution in [3.05, 3.63) is 30.0 Å². The van der Waals surface area contributed by atoms with Gasteiger partial charge in [0, 0.05) is 5.39 Å². The summed E-state index contributed by atoms with van der Waals surface area (Å²) in [6.45, 7) is 6.15. The van der Waals surface area contributed by atoms with Crippen LogP contribution >= 0.6 is 0 Å². The molecule has 2 nitrogen and oxygen atoms in total. The second kappa shape index (κ2) is 4.65. The summed E-state index contributed by atoms with van der Waals surface area (Å²) in [7, 11) is 0. The number of aromatic nitrogens is 2. The molecule has 0 aliphatic rings. The lowest BCUT2D eigenvalue weighted by Crippen LogP contribution is -1.81. The summed E-state index contributed by atoms with van der Waals surface area (Å²) in [5, 5.41) is 8.17. The number of nitrogens with one attached hydrogen (secondary N) is 1. The first kappa shape index (κ1) is 9.78. The molecular formula is C11H16N2. The lowest BCUT2D eigenvalue weighted by molar-refractivity contribution is 1.09. The van der Waals surface area contributed by atoms with Crippen molar-refractivity contribution in [1.82, 2.24) is 10.2 Å². The third-order valence-corrected chi connectivity index (χ3v) is 1.94. The van der Waals surface area contributed by atoms with Gasteiger partial charge in [-0.3, -0.25) is 5.10 Å². The summed E-state index contributed by atoms with van der Waals surface area (Å²) in [4.78, 5) is 0. The van der Waals surface area contributed by atoms with Crippen molar-refractivity contribution < 1.29 is 0 Å². The van der Waals surface area contributed by atoms with Crippen LogP contribution in [0.3, 0.4) is 0 Å². The smallest absolute Gasteiger partial charge is 0.0682 e. The molecule has 2 aromatic rings. The number of aryl methyl sites for hydroxylation is 1.